The number of methoxy groups -OCH3 is 1. The van der Waals surface area contributed by atoms with Crippen LogP contribution in [-0.2, 0) is 13.1 Å². The van der Waals surface area contributed by atoms with Crippen LogP contribution in [0.2, 0.25) is 0 Å². The maximum absolute atomic E-state index is 13.3. The van der Waals surface area contributed by atoms with Crippen molar-refractivity contribution in [3.05, 3.63) is 54.0 Å². The molecule has 29 heavy (non-hydrogen) atoms. The Balaban J connectivity index is 1.91. The lowest BCUT2D eigenvalue weighted by Gasteiger charge is -2.24. The molecular formula is C23H30N4O2. The number of benzene rings is 1. The molecule has 0 radical (unpaired) electrons. The zero-order chi connectivity index (χ0) is 20.8. The number of ether oxygens (including phenoxy) is 1. The number of carbonyl (C=O) groups excluding carboxylic acids is 1. The van der Waals surface area contributed by atoms with Gasteiger partial charge in [0, 0.05) is 24.8 Å². The molecule has 0 aliphatic heterocycles. The van der Waals surface area contributed by atoms with Crippen LogP contribution in [0, 0.1) is 5.92 Å². The van der Waals surface area contributed by atoms with E-state index in [0.29, 0.717) is 24.6 Å². The zero-order valence-corrected chi connectivity index (χ0v) is 17.8. The zero-order valence-electron chi connectivity index (χ0n) is 17.8. The van der Waals surface area contributed by atoms with E-state index in [4.69, 9.17) is 9.72 Å². The van der Waals surface area contributed by atoms with E-state index in [1.54, 1.807) is 13.3 Å². The summed E-state index contributed by atoms with van der Waals surface area (Å²) in [7, 11) is 1.62. The van der Waals surface area contributed by atoms with E-state index in [0.717, 1.165) is 42.1 Å². The Morgan fingerprint density at radius 3 is 2.62 bits per heavy atom. The van der Waals surface area contributed by atoms with Gasteiger partial charge in [-0.15, -0.1) is 0 Å². The van der Waals surface area contributed by atoms with Gasteiger partial charge in [0.05, 0.1) is 13.7 Å². The highest BCUT2D eigenvalue weighted by molar-refractivity contribution is 5.94. The molecule has 1 aromatic carbocycles. The number of fused-ring (bicyclic) bond motifs is 1. The van der Waals surface area contributed by atoms with Gasteiger partial charge in [-0.05, 0) is 55.2 Å². The fourth-order valence-corrected chi connectivity index (χ4v) is 3.34. The molecule has 3 aromatic rings. The van der Waals surface area contributed by atoms with Gasteiger partial charge in [0.25, 0.3) is 5.91 Å². The molecule has 0 aliphatic carbocycles. The Morgan fingerprint density at radius 2 is 1.97 bits per heavy atom. The molecule has 0 spiro atoms. The topological polar surface area (TPSA) is 60.2 Å². The quantitative estimate of drug-likeness (QED) is 0.535. The minimum Gasteiger partial charge on any atom is -0.497 e. The van der Waals surface area contributed by atoms with Crippen LogP contribution in [0.4, 0.5) is 0 Å². The van der Waals surface area contributed by atoms with Crippen molar-refractivity contribution in [2.45, 2.75) is 46.7 Å². The third-order valence-electron chi connectivity index (χ3n) is 4.96. The van der Waals surface area contributed by atoms with Crippen molar-refractivity contribution >= 4 is 17.1 Å². The summed E-state index contributed by atoms with van der Waals surface area (Å²) in [6.45, 7) is 8.47. The largest absolute Gasteiger partial charge is 0.497 e. The molecule has 6 heteroatoms. The number of hydrogen-bond donors (Lipinski definition) is 0. The Labute approximate surface area is 172 Å². The predicted molar refractivity (Wildman–Crippen MR) is 115 cm³/mol. The Bertz CT molecular complexity index is 947. The van der Waals surface area contributed by atoms with E-state index >= 15 is 0 Å². The summed E-state index contributed by atoms with van der Waals surface area (Å²) in [6, 6.07) is 11.2. The monoisotopic (exact) mass is 394 g/mol. The first-order chi connectivity index (χ1) is 14.0. The van der Waals surface area contributed by atoms with Crippen molar-refractivity contribution in [2.75, 3.05) is 13.7 Å². The summed E-state index contributed by atoms with van der Waals surface area (Å²) in [6.07, 6.45) is 3.71. The van der Waals surface area contributed by atoms with Crippen LogP contribution >= 0.6 is 0 Å². The van der Waals surface area contributed by atoms with E-state index in [1.165, 1.54) is 0 Å². The summed E-state index contributed by atoms with van der Waals surface area (Å²) < 4.78 is 7.35. The van der Waals surface area contributed by atoms with Crippen LogP contribution in [0.15, 0.2) is 42.6 Å². The molecule has 0 saturated heterocycles. The summed E-state index contributed by atoms with van der Waals surface area (Å²) in [5.74, 6) is 2.14. The average Bonchev–Trinajstić information content (AvgIpc) is 3.08. The van der Waals surface area contributed by atoms with Crippen molar-refractivity contribution in [2.24, 2.45) is 5.92 Å². The molecule has 0 atom stereocenters. The first-order valence-corrected chi connectivity index (χ1v) is 10.3. The Kier molecular flexibility index (Phi) is 6.86. The third kappa shape index (κ3) is 4.94. The van der Waals surface area contributed by atoms with Gasteiger partial charge in [-0.25, -0.2) is 9.97 Å². The second-order valence-corrected chi connectivity index (χ2v) is 7.66. The number of imidazole rings is 1. The van der Waals surface area contributed by atoms with Gasteiger partial charge in [0.1, 0.15) is 17.1 Å². The number of aryl methyl sites for hydroxylation is 1. The van der Waals surface area contributed by atoms with Crippen molar-refractivity contribution < 1.29 is 9.53 Å². The second-order valence-electron chi connectivity index (χ2n) is 7.66. The molecule has 0 N–H and O–H groups in total. The van der Waals surface area contributed by atoms with Gasteiger partial charge < -0.3 is 14.2 Å². The molecule has 0 aliphatic rings. The van der Waals surface area contributed by atoms with Gasteiger partial charge in [0.15, 0.2) is 5.65 Å². The van der Waals surface area contributed by atoms with Crippen LogP contribution in [0.3, 0.4) is 0 Å². The van der Waals surface area contributed by atoms with Crippen LogP contribution in [0.5, 0.6) is 5.75 Å². The van der Waals surface area contributed by atoms with Gasteiger partial charge in [-0.3, -0.25) is 4.79 Å². The maximum Gasteiger partial charge on any atom is 0.254 e. The Morgan fingerprint density at radius 1 is 1.21 bits per heavy atom. The lowest BCUT2D eigenvalue weighted by atomic mass is 10.1. The minimum absolute atomic E-state index is 0.0105. The highest BCUT2D eigenvalue weighted by Gasteiger charge is 2.20. The molecule has 0 fully saturated rings. The van der Waals surface area contributed by atoms with Crippen LogP contribution in [0.1, 0.15) is 49.8 Å². The average molecular weight is 395 g/mol. The molecule has 3 rings (SSSR count). The summed E-state index contributed by atoms with van der Waals surface area (Å²) in [4.78, 5) is 24.5. The van der Waals surface area contributed by atoms with Crippen molar-refractivity contribution in [3.8, 4) is 5.75 Å². The Hall–Kier alpha value is -2.89. The summed E-state index contributed by atoms with van der Waals surface area (Å²) in [5, 5.41) is 0. The molecule has 1 amide bonds. The fourth-order valence-electron chi connectivity index (χ4n) is 3.34. The molecule has 154 valence electrons. The number of aromatic nitrogens is 3. The third-order valence-corrected chi connectivity index (χ3v) is 4.96. The van der Waals surface area contributed by atoms with Gasteiger partial charge in [-0.2, -0.15) is 0 Å². The number of nitrogens with zero attached hydrogens (tertiary/aromatic N) is 4. The standard InChI is InChI=1S/C23H30N4O2/c1-5-14-27-21(25-20-7-6-13-24-22(20)27)16-26(15-12-17(2)3)23(28)18-8-10-19(29-4)11-9-18/h6-11,13,17H,5,12,14-16H2,1-4H3. The molecule has 0 unspecified atom stereocenters. The number of rotatable bonds is 9. The van der Waals surface area contributed by atoms with E-state index in [9.17, 15) is 4.79 Å². The highest BCUT2D eigenvalue weighted by atomic mass is 16.5. The van der Waals surface area contributed by atoms with E-state index < -0.39 is 0 Å². The summed E-state index contributed by atoms with van der Waals surface area (Å²) in [5.41, 5.74) is 2.41. The lowest BCUT2D eigenvalue weighted by Crippen LogP contribution is -2.33. The fraction of sp³-hybridized carbons (Fsp3) is 0.435. The van der Waals surface area contributed by atoms with Crippen molar-refractivity contribution in [3.63, 3.8) is 0 Å². The van der Waals surface area contributed by atoms with E-state index in [-0.39, 0.29) is 5.91 Å². The number of carbonyl (C=O) groups is 1. The van der Waals surface area contributed by atoms with Gasteiger partial charge >= 0.3 is 0 Å². The SMILES string of the molecule is CCCn1c(CN(CCC(C)C)C(=O)c2ccc(OC)cc2)nc2cccnc21. The lowest BCUT2D eigenvalue weighted by molar-refractivity contribution is 0.0729. The van der Waals surface area contributed by atoms with Crippen LogP contribution in [0.25, 0.3) is 11.2 Å². The maximum atomic E-state index is 13.3. The van der Waals surface area contributed by atoms with Gasteiger partial charge in [-0.1, -0.05) is 20.8 Å². The summed E-state index contributed by atoms with van der Waals surface area (Å²) >= 11 is 0. The molecule has 2 aromatic heterocycles. The first-order valence-electron chi connectivity index (χ1n) is 10.3. The van der Waals surface area contributed by atoms with E-state index in [2.05, 4.69) is 30.3 Å². The molecule has 0 bridgehead atoms. The van der Waals surface area contributed by atoms with Crippen LogP contribution in [-0.4, -0.2) is 39.0 Å². The predicted octanol–water partition coefficient (Wildman–Crippen LogP) is 4.54. The van der Waals surface area contributed by atoms with Gasteiger partial charge in [0.2, 0.25) is 0 Å². The number of hydrogen-bond acceptors (Lipinski definition) is 4. The molecule has 2 heterocycles. The normalized spacial score (nSPS) is 11.2. The minimum atomic E-state index is 0.0105. The highest BCUT2D eigenvalue weighted by Crippen LogP contribution is 2.19. The molecule has 6 nitrogen and oxygen atoms in total. The second kappa shape index (κ2) is 9.54. The van der Waals surface area contributed by atoms with Crippen molar-refractivity contribution in [1.29, 1.82) is 0 Å². The molecular weight excluding hydrogens is 364 g/mol. The van der Waals surface area contributed by atoms with E-state index in [1.807, 2.05) is 41.3 Å². The number of pyridine rings is 1. The number of amides is 1. The smallest absolute Gasteiger partial charge is 0.254 e. The van der Waals surface area contributed by atoms with Crippen molar-refractivity contribution in [1.82, 2.24) is 19.4 Å². The molecule has 0 saturated carbocycles. The van der Waals surface area contributed by atoms with Crippen LogP contribution < -0.4 is 4.74 Å². The first kappa shape index (κ1) is 20.8.